The maximum Gasteiger partial charge on any atom is 0.250 e. The number of aryl methyl sites for hydroxylation is 1. The molecule has 0 spiro atoms. The van der Waals surface area contributed by atoms with Gasteiger partial charge in [-0.15, -0.1) is 0 Å². The first-order chi connectivity index (χ1) is 8.63. The first-order valence-corrected chi connectivity index (χ1v) is 5.41. The molecular formula is C13H13N3O2. The number of carbonyl (C=O) groups is 1. The van der Waals surface area contributed by atoms with Crippen molar-refractivity contribution in [2.24, 2.45) is 0 Å². The molecule has 2 aromatic rings. The Hall–Kier alpha value is -2.56. The normalized spacial score (nSPS) is 10.7. The Morgan fingerprint density at radius 3 is 2.94 bits per heavy atom. The summed E-state index contributed by atoms with van der Waals surface area (Å²) in [7, 11) is 0. The van der Waals surface area contributed by atoms with Crippen LogP contribution in [0.3, 0.4) is 0 Å². The molecule has 1 aromatic heterocycles. The molecule has 0 bridgehead atoms. The summed E-state index contributed by atoms with van der Waals surface area (Å²) in [5, 5.41) is 6.23. The Morgan fingerprint density at radius 2 is 2.28 bits per heavy atom. The lowest BCUT2D eigenvalue weighted by Crippen LogP contribution is -2.06. The van der Waals surface area contributed by atoms with E-state index in [9.17, 15) is 4.79 Å². The molecule has 3 N–H and O–H groups in total. The highest BCUT2D eigenvalue weighted by atomic mass is 16.5. The van der Waals surface area contributed by atoms with Crippen molar-refractivity contribution in [3.8, 4) is 0 Å². The Morgan fingerprint density at radius 1 is 1.44 bits per heavy atom. The Bertz CT molecular complexity index is 587. The summed E-state index contributed by atoms with van der Waals surface area (Å²) in [6.45, 7) is 1.78. The zero-order valence-electron chi connectivity index (χ0n) is 9.88. The van der Waals surface area contributed by atoms with Crippen LogP contribution in [0, 0.1) is 6.92 Å². The van der Waals surface area contributed by atoms with Gasteiger partial charge in [-0.1, -0.05) is 17.3 Å². The van der Waals surface area contributed by atoms with Crippen molar-refractivity contribution < 1.29 is 9.32 Å². The molecule has 2 rings (SSSR count). The number of hydrogen-bond acceptors (Lipinski definition) is 4. The number of benzene rings is 1. The molecule has 5 nitrogen and oxygen atoms in total. The fourth-order valence-electron chi connectivity index (χ4n) is 1.42. The van der Waals surface area contributed by atoms with Gasteiger partial charge in [0.2, 0.25) is 5.88 Å². The van der Waals surface area contributed by atoms with Crippen LogP contribution < -0.4 is 11.1 Å². The van der Waals surface area contributed by atoms with Crippen LogP contribution in [0.2, 0.25) is 0 Å². The van der Waals surface area contributed by atoms with E-state index in [-0.39, 0.29) is 5.91 Å². The standard InChI is InChI=1S/C13H13N3O2/c1-9-7-13(18-16-9)15-12(17)6-5-10-3-2-4-11(14)8-10/h2-8H,14H2,1H3,(H,15,17)/b6-5+. The van der Waals surface area contributed by atoms with Gasteiger partial charge in [-0.05, 0) is 30.7 Å². The number of anilines is 2. The van der Waals surface area contributed by atoms with Crippen molar-refractivity contribution in [3.05, 3.63) is 47.7 Å². The number of nitrogens with two attached hydrogens (primary N) is 1. The minimum Gasteiger partial charge on any atom is -0.399 e. The highest BCUT2D eigenvalue weighted by Gasteiger charge is 2.02. The van der Waals surface area contributed by atoms with Crippen molar-refractivity contribution in [3.63, 3.8) is 0 Å². The van der Waals surface area contributed by atoms with Crippen LogP contribution in [0.5, 0.6) is 0 Å². The van der Waals surface area contributed by atoms with Gasteiger partial charge in [0.15, 0.2) is 0 Å². The van der Waals surface area contributed by atoms with Crippen LogP contribution in [0.1, 0.15) is 11.3 Å². The first-order valence-electron chi connectivity index (χ1n) is 5.41. The average molecular weight is 243 g/mol. The van der Waals surface area contributed by atoms with E-state index in [1.165, 1.54) is 6.08 Å². The highest BCUT2D eigenvalue weighted by molar-refractivity contribution is 6.01. The molecule has 0 saturated carbocycles. The van der Waals surface area contributed by atoms with E-state index in [4.69, 9.17) is 10.3 Å². The number of carbonyl (C=O) groups excluding carboxylic acids is 1. The van der Waals surface area contributed by atoms with Gasteiger partial charge in [-0.3, -0.25) is 10.1 Å². The molecule has 0 aliphatic carbocycles. The van der Waals surface area contributed by atoms with Gasteiger partial charge in [0, 0.05) is 17.8 Å². The molecule has 5 heteroatoms. The van der Waals surface area contributed by atoms with Gasteiger partial charge in [0.05, 0.1) is 5.69 Å². The number of nitrogen functional groups attached to an aromatic ring is 1. The minimum atomic E-state index is -0.284. The van der Waals surface area contributed by atoms with Crippen molar-refractivity contribution in [2.75, 3.05) is 11.1 Å². The molecule has 0 atom stereocenters. The predicted octanol–water partition coefficient (Wildman–Crippen LogP) is 2.22. The Labute approximate surface area is 104 Å². The third-order valence-corrected chi connectivity index (χ3v) is 2.21. The van der Waals surface area contributed by atoms with E-state index in [2.05, 4.69) is 10.5 Å². The number of aromatic nitrogens is 1. The van der Waals surface area contributed by atoms with E-state index in [0.717, 1.165) is 5.56 Å². The molecular weight excluding hydrogens is 230 g/mol. The summed E-state index contributed by atoms with van der Waals surface area (Å²) in [4.78, 5) is 11.6. The number of nitrogens with zero attached hydrogens (tertiary/aromatic N) is 1. The summed E-state index contributed by atoms with van der Waals surface area (Å²) >= 11 is 0. The van der Waals surface area contributed by atoms with Crippen LogP contribution in [0.15, 0.2) is 40.9 Å². The van der Waals surface area contributed by atoms with Crippen molar-refractivity contribution in [1.29, 1.82) is 0 Å². The van der Waals surface area contributed by atoms with Gasteiger partial charge < -0.3 is 10.3 Å². The summed E-state index contributed by atoms with van der Waals surface area (Å²) in [5.74, 6) is 0.0447. The second-order valence-corrected chi connectivity index (χ2v) is 3.83. The SMILES string of the molecule is Cc1cc(NC(=O)/C=C/c2cccc(N)c2)on1. The molecule has 1 aromatic carbocycles. The topological polar surface area (TPSA) is 81.2 Å². The lowest BCUT2D eigenvalue weighted by atomic mass is 10.2. The van der Waals surface area contributed by atoms with Gasteiger partial charge in [0.25, 0.3) is 5.91 Å². The highest BCUT2D eigenvalue weighted by Crippen LogP contribution is 2.10. The Kier molecular flexibility index (Phi) is 3.43. The van der Waals surface area contributed by atoms with Crippen LogP contribution >= 0.6 is 0 Å². The largest absolute Gasteiger partial charge is 0.399 e. The number of amides is 1. The Balaban J connectivity index is 1.99. The van der Waals surface area contributed by atoms with Gasteiger partial charge in [-0.2, -0.15) is 0 Å². The zero-order chi connectivity index (χ0) is 13.0. The molecule has 0 aliphatic rings. The van der Waals surface area contributed by atoms with E-state index >= 15 is 0 Å². The molecule has 0 radical (unpaired) electrons. The second kappa shape index (κ2) is 5.18. The third kappa shape index (κ3) is 3.21. The molecule has 92 valence electrons. The van der Waals surface area contributed by atoms with Gasteiger partial charge in [0.1, 0.15) is 0 Å². The average Bonchev–Trinajstić information content (AvgIpc) is 2.72. The van der Waals surface area contributed by atoms with E-state index in [1.54, 1.807) is 31.2 Å². The van der Waals surface area contributed by atoms with Crippen molar-refractivity contribution in [2.45, 2.75) is 6.92 Å². The van der Waals surface area contributed by atoms with Crippen molar-refractivity contribution in [1.82, 2.24) is 5.16 Å². The molecule has 1 amide bonds. The summed E-state index contributed by atoms with van der Waals surface area (Å²) < 4.78 is 4.87. The third-order valence-electron chi connectivity index (χ3n) is 2.21. The molecule has 0 fully saturated rings. The molecule has 1 heterocycles. The summed E-state index contributed by atoms with van der Waals surface area (Å²) in [6.07, 6.45) is 3.08. The molecule has 18 heavy (non-hydrogen) atoms. The smallest absolute Gasteiger partial charge is 0.250 e. The lowest BCUT2D eigenvalue weighted by Gasteiger charge is -1.96. The number of rotatable bonds is 3. The second-order valence-electron chi connectivity index (χ2n) is 3.83. The van der Waals surface area contributed by atoms with Gasteiger partial charge in [-0.25, -0.2) is 0 Å². The number of nitrogens with one attached hydrogen (secondary N) is 1. The van der Waals surface area contributed by atoms with Crippen LogP contribution in [-0.4, -0.2) is 11.1 Å². The van der Waals surface area contributed by atoms with E-state index in [0.29, 0.717) is 17.3 Å². The van der Waals surface area contributed by atoms with E-state index in [1.807, 2.05) is 12.1 Å². The van der Waals surface area contributed by atoms with Crippen LogP contribution in [0.25, 0.3) is 6.08 Å². The molecule has 0 unspecified atom stereocenters. The maximum absolute atomic E-state index is 11.6. The van der Waals surface area contributed by atoms with Crippen LogP contribution in [-0.2, 0) is 4.79 Å². The number of hydrogen-bond donors (Lipinski definition) is 2. The fourth-order valence-corrected chi connectivity index (χ4v) is 1.42. The summed E-state index contributed by atoms with van der Waals surface area (Å²) in [6, 6.07) is 8.90. The quantitative estimate of drug-likeness (QED) is 0.639. The maximum atomic E-state index is 11.6. The minimum absolute atomic E-state index is 0.284. The van der Waals surface area contributed by atoms with E-state index < -0.39 is 0 Å². The predicted molar refractivity (Wildman–Crippen MR) is 69.8 cm³/mol. The van der Waals surface area contributed by atoms with Crippen LogP contribution in [0.4, 0.5) is 11.6 Å². The van der Waals surface area contributed by atoms with Gasteiger partial charge >= 0.3 is 0 Å². The first kappa shape index (κ1) is 11.9. The zero-order valence-corrected chi connectivity index (χ0v) is 9.88. The molecule has 0 aliphatic heterocycles. The monoisotopic (exact) mass is 243 g/mol. The fraction of sp³-hybridized carbons (Fsp3) is 0.0769. The molecule has 0 saturated heterocycles. The summed E-state index contributed by atoms with van der Waals surface area (Å²) in [5.41, 5.74) is 7.86. The lowest BCUT2D eigenvalue weighted by molar-refractivity contribution is -0.112. The van der Waals surface area contributed by atoms with Crippen molar-refractivity contribution >= 4 is 23.6 Å².